The van der Waals surface area contributed by atoms with Crippen molar-refractivity contribution in [2.75, 3.05) is 31.7 Å². The summed E-state index contributed by atoms with van der Waals surface area (Å²) in [4.78, 5) is 6.41. The van der Waals surface area contributed by atoms with Gasteiger partial charge in [0.1, 0.15) is 0 Å². The average Bonchev–Trinajstić information content (AvgIpc) is 2.30. The van der Waals surface area contributed by atoms with Crippen molar-refractivity contribution < 1.29 is 9.84 Å². The summed E-state index contributed by atoms with van der Waals surface area (Å²) in [7, 11) is 1.70. The lowest BCUT2D eigenvalue weighted by Crippen LogP contribution is -2.26. The summed E-state index contributed by atoms with van der Waals surface area (Å²) < 4.78 is 5.06. The van der Waals surface area contributed by atoms with Crippen LogP contribution < -0.4 is 4.90 Å². The van der Waals surface area contributed by atoms with Crippen molar-refractivity contribution >= 4 is 5.69 Å². The molecule has 0 saturated heterocycles. The fourth-order valence-corrected chi connectivity index (χ4v) is 1.50. The summed E-state index contributed by atoms with van der Waals surface area (Å²) in [6.45, 7) is 6.27. The van der Waals surface area contributed by atoms with Crippen LogP contribution in [0.25, 0.3) is 0 Å². The number of aromatic nitrogens is 1. The van der Waals surface area contributed by atoms with Gasteiger partial charge in [-0.15, -0.1) is 0 Å². The molecule has 1 heterocycles. The highest BCUT2D eigenvalue weighted by Crippen LogP contribution is 2.15. The van der Waals surface area contributed by atoms with Crippen molar-refractivity contribution in [2.45, 2.75) is 20.0 Å². The Morgan fingerprint density at radius 2 is 2.25 bits per heavy atom. The zero-order valence-corrected chi connectivity index (χ0v) is 10.2. The second-order valence-electron chi connectivity index (χ2n) is 3.69. The molecule has 90 valence electrons. The zero-order valence-electron chi connectivity index (χ0n) is 10.2. The van der Waals surface area contributed by atoms with Crippen LogP contribution in [0.15, 0.2) is 18.3 Å². The van der Waals surface area contributed by atoms with Crippen LogP contribution in [0.2, 0.25) is 0 Å². The Hall–Kier alpha value is -1.13. The maximum absolute atomic E-state index is 9.36. The molecule has 16 heavy (non-hydrogen) atoms. The van der Waals surface area contributed by atoms with Gasteiger partial charge in [0.15, 0.2) is 0 Å². The Balaban J connectivity index is 2.70. The molecule has 1 atom stereocenters. The van der Waals surface area contributed by atoms with Crippen molar-refractivity contribution in [1.82, 2.24) is 4.98 Å². The number of aliphatic hydroxyl groups is 1. The van der Waals surface area contributed by atoms with Crippen LogP contribution in [0.1, 0.15) is 25.6 Å². The van der Waals surface area contributed by atoms with E-state index in [0.717, 1.165) is 18.8 Å². The molecule has 0 radical (unpaired) electrons. The molecule has 1 rings (SSSR count). The number of likely N-dealkylation sites (N-methyl/N-ethyl adjacent to an activating group) is 1. The number of pyridine rings is 1. The van der Waals surface area contributed by atoms with Gasteiger partial charge < -0.3 is 14.7 Å². The smallest absolute Gasteiger partial charge is 0.0931 e. The van der Waals surface area contributed by atoms with Crippen LogP contribution in [-0.2, 0) is 4.74 Å². The molecular formula is C12H20N2O2. The summed E-state index contributed by atoms with van der Waals surface area (Å²) in [6.07, 6.45) is 1.28. The van der Waals surface area contributed by atoms with E-state index in [9.17, 15) is 5.11 Å². The third-order valence-corrected chi connectivity index (χ3v) is 2.51. The summed E-state index contributed by atoms with van der Waals surface area (Å²) in [5.41, 5.74) is 1.76. The minimum absolute atomic E-state index is 0.511. The van der Waals surface area contributed by atoms with E-state index < -0.39 is 6.10 Å². The van der Waals surface area contributed by atoms with Gasteiger partial charge >= 0.3 is 0 Å². The SMILES string of the molecule is CCN(CCOC)c1ccc([C@@H](C)O)nc1. The highest BCUT2D eigenvalue weighted by molar-refractivity contribution is 5.44. The van der Waals surface area contributed by atoms with E-state index in [1.165, 1.54) is 0 Å². The van der Waals surface area contributed by atoms with Gasteiger partial charge in [0, 0.05) is 20.2 Å². The lowest BCUT2D eigenvalue weighted by atomic mass is 10.2. The van der Waals surface area contributed by atoms with Crippen molar-refractivity contribution in [1.29, 1.82) is 0 Å². The van der Waals surface area contributed by atoms with Crippen LogP contribution in [0.3, 0.4) is 0 Å². The quantitative estimate of drug-likeness (QED) is 0.797. The first-order valence-corrected chi connectivity index (χ1v) is 5.57. The number of anilines is 1. The van der Waals surface area contributed by atoms with Gasteiger partial charge in [-0.05, 0) is 26.0 Å². The number of hydrogen-bond donors (Lipinski definition) is 1. The van der Waals surface area contributed by atoms with E-state index in [2.05, 4.69) is 16.8 Å². The Morgan fingerprint density at radius 3 is 2.69 bits per heavy atom. The average molecular weight is 224 g/mol. The van der Waals surface area contributed by atoms with Gasteiger partial charge in [-0.1, -0.05) is 0 Å². The molecule has 1 N–H and O–H groups in total. The van der Waals surface area contributed by atoms with Crippen LogP contribution in [0, 0.1) is 0 Å². The second kappa shape index (κ2) is 6.45. The predicted octanol–water partition coefficient (Wildman–Crippen LogP) is 1.61. The molecule has 4 nitrogen and oxygen atoms in total. The minimum Gasteiger partial charge on any atom is -0.387 e. The maximum atomic E-state index is 9.36. The monoisotopic (exact) mass is 224 g/mol. The number of rotatable bonds is 6. The molecule has 0 aromatic carbocycles. The molecule has 1 aromatic rings. The Labute approximate surface area is 96.9 Å². The molecule has 0 spiro atoms. The van der Waals surface area contributed by atoms with Crippen molar-refractivity contribution in [3.8, 4) is 0 Å². The summed E-state index contributed by atoms with van der Waals surface area (Å²) in [5.74, 6) is 0. The molecule has 0 aliphatic rings. The molecule has 0 fully saturated rings. The summed E-state index contributed by atoms with van der Waals surface area (Å²) in [5, 5.41) is 9.36. The second-order valence-corrected chi connectivity index (χ2v) is 3.69. The molecule has 0 saturated carbocycles. The van der Waals surface area contributed by atoms with E-state index in [0.29, 0.717) is 12.3 Å². The van der Waals surface area contributed by atoms with Crippen molar-refractivity contribution in [3.05, 3.63) is 24.0 Å². The van der Waals surface area contributed by atoms with Gasteiger partial charge in [-0.25, -0.2) is 0 Å². The van der Waals surface area contributed by atoms with Gasteiger partial charge in [-0.2, -0.15) is 0 Å². The summed E-state index contributed by atoms with van der Waals surface area (Å²) in [6, 6.07) is 3.84. The lowest BCUT2D eigenvalue weighted by molar-refractivity contribution is 0.194. The number of nitrogens with zero attached hydrogens (tertiary/aromatic N) is 2. The number of ether oxygens (including phenoxy) is 1. The number of hydrogen-bond acceptors (Lipinski definition) is 4. The van der Waals surface area contributed by atoms with E-state index in [-0.39, 0.29) is 0 Å². The normalized spacial score (nSPS) is 12.5. The van der Waals surface area contributed by atoms with Crippen LogP contribution in [-0.4, -0.2) is 36.9 Å². The molecule has 0 unspecified atom stereocenters. The van der Waals surface area contributed by atoms with Gasteiger partial charge in [0.05, 0.1) is 30.3 Å². The highest BCUT2D eigenvalue weighted by Gasteiger charge is 2.06. The van der Waals surface area contributed by atoms with Gasteiger partial charge in [-0.3, -0.25) is 4.98 Å². The van der Waals surface area contributed by atoms with Crippen molar-refractivity contribution in [2.24, 2.45) is 0 Å². The zero-order chi connectivity index (χ0) is 12.0. The first-order chi connectivity index (χ1) is 7.69. The maximum Gasteiger partial charge on any atom is 0.0931 e. The Bertz CT molecular complexity index is 298. The van der Waals surface area contributed by atoms with Gasteiger partial charge in [0.25, 0.3) is 0 Å². The topological polar surface area (TPSA) is 45.6 Å². The predicted molar refractivity (Wildman–Crippen MR) is 64.6 cm³/mol. The van der Waals surface area contributed by atoms with E-state index >= 15 is 0 Å². The minimum atomic E-state index is -0.511. The third kappa shape index (κ3) is 3.47. The molecule has 0 aliphatic heterocycles. The fourth-order valence-electron chi connectivity index (χ4n) is 1.50. The molecular weight excluding hydrogens is 204 g/mol. The molecule has 0 amide bonds. The number of methoxy groups -OCH3 is 1. The lowest BCUT2D eigenvalue weighted by Gasteiger charge is -2.22. The van der Waals surface area contributed by atoms with Crippen LogP contribution >= 0.6 is 0 Å². The Kier molecular flexibility index (Phi) is 5.22. The van der Waals surface area contributed by atoms with Crippen LogP contribution in [0.4, 0.5) is 5.69 Å². The third-order valence-electron chi connectivity index (χ3n) is 2.51. The summed E-state index contributed by atoms with van der Waals surface area (Å²) >= 11 is 0. The highest BCUT2D eigenvalue weighted by atomic mass is 16.5. The van der Waals surface area contributed by atoms with Crippen LogP contribution in [0.5, 0.6) is 0 Å². The molecule has 0 aliphatic carbocycles. The molecule has 0 bridgehead atoms. The number of aliphatic hydroxyl groups excluding tert-OH is 1. The fraction of sp³-hybridized carbons (Fsp3) is 0.583. The first kappa shape index (κ1) is 12.9. The largest absolute Gasteiger partial charge is 0.387 e. The van der Waals surface area contributed by atoms with Gasteiger partial charge in [0.2, 0.25) is 0 Å². The van der Waals surface area contributed by atoms with E-state index in [1.54, 1.807) is 20.2 Å². The Morgan fingerprint density at radius 1 is 1.50 bits per heavy atom. The molecule has 1 aromatic heterocycles. The standard InChI is InChI=1S/C12H20N2O2/c1-4-14(7-8-16-3)11-5-6-12(10(2)15)13-9-11/h5-6,9-10,15H,4,7-8H2,1-3H3/t10-/m1/s1. The van der Waals surface area contributed by atoms with Crippen molar-refractivity contribution in [3.63, 3.8) is 0 Å². The molecule has 4 heteroatoms. The first-order valence-electron chi connectivity index (χ1n) is 5.57. The van der Waals surface area contributed by atoms with E-state index in [1.807, 2.05) is 12.1 Å². The van der Waals surface area contributed by atoms with E-state index in [4.69, 9.17) is 4.74 Å².